The zero-order chi connectivity index (χ0) is 11.8. The second kappa shape index (κ2) is 4.00. The highest BCUT2D eigenvalue weighted by Crippen LogP contribution is 2.27. The van der Waals surface area contributed by atoms with E-state index in [1.54, 1.807) is 0 Å². The molecule has 1 aromatic carbocycles. The summed E-state index contributed by atoms with van der Waals surface area (Å²) >= 11 is 0. The van der Waals surface area contributed by atoms with E-state index in [0.29, 0.717) is 6.04 Å². The van der Waals surface area contributed by atoms with Crippen molar-refractivity contribution in [3.8, 4) is 11.3 Å². The van der Waals surface area contributed by atoms with Crippen molar-refractivity contribution in [2.75, 3.05) is 0 Å². The van der Waals surface area contributed by atoms with Crippen molar-refractivity contribution in [3.63, 3.8) is 0 Å². The van der Waals surface area contributed by atoms with Crippen LogP contribution in [-0.4, -0.2) is 15.6 Å². The van der Waals surface area contributed by atoms with Crippen molar-refractivity contribution in [2.45, 2.75) is 31.8 Å². The maximum atomic E-state index is 6.09. The van der Waals surface area contributed by atoms with Gasteiger partial charge < -0.3 is 10.3 Å². The molecule has 0 spiro atoms. The number of hydrogen-bond donors (Lipinski definition) is 1. The van der Waals surface area contributed by atoms with Crippen molar-refractivity contribution in [2.24, 2.45) is 5.73 Å². The Hall–Kier alpha value is -1.61. The Morgan fingerprint density at radius 3 is 2.82 bits per heavy atom. The van der Waals surface area contributed by atoms with Crippen LogP contribution in [0.3, 0.4) is 0 Å². The molecular weight excluding hydrogens is 210 g/mol. The van der Waals surface area contributed by atoms with Crippen molar-refractivity contribution >= 4 is 0 Å². The van der Waals surface area contributed by atoms with Crippen LogP contribution >= 0.6 is 0 Å². The first kappa shape index (κ1) is 10.5. The number of aromatic nitrogens is 2. The maximum absolute atomic E-state index is 6.09. The van der Waals surface area contributed by atoms with Crippen LogP contribution in [0.4, 0.5) is 0 Å². The number of fused-ring (bicyclic) bond motifs is 1. The third-order valence-corrected chi connectivity index (χ3v) is 3.64. The molecule has 3 rings (SSSR count). The number of nitrogens with zero attached hydrogens (tertiary/aromatic N) is 2. The summed E-state index contributed by atoms with van der Waals surface area (Å²) in [5.41, 5.74) is 8.33. The third-order valence-electron chi connectivity index (χ3n) is 3.64. The van der Waals surface area contributed by atoms with Crippen LogP contribution in [-0.2, 0) is 6.42 Å². The van der Waals surface area contributed by atoms with Gasteiger partial charge in [0, 0.05) is 30.3 Å². The van der Waals surface area contributed by atoms with Crippen molar-refractivity contribution in [1.29, 1.82) is 0 Å². The number of imidazole rings is 1. The van der Waals surface area contributed by atoms with Crippen molar-refractivity contribution in [1.82, 2.24) is 9.55 Å². The second-order valence-corrected chi connectivity index (χ2v) is 4.76. The third kappa shape index (κ3) is 1.76. The lowest BCUT2D eigenvalue weighted by atomic mass is 10.0. The first-order valence-electron chi connectivity index (χ1n) is 6.14. The summed E-state index contributed by atoms with van der Waals surface area (Å²) < 4.78 is 2.23. The predicted molar refractivity (Wildman–Crippen MR) is 68.7 cm³/mol. The van der Waals surface area contributed by atoms with Gasteiger partial charge in [-0.2, -0.15) is 0 Å². The maximum Gasteiger partial charge on any atom is 0.109 e. The quantitative estimate of drug-likeness (QED) is 0.813. The van der Waals surface area contributed by atoms with E-state index in [9.17, 15) is 0 Å². The summed E-state index contributed by atoms with van der Waals surface area (Å²) in [6.07, 6.45) is 4.15. The lowest BCUT2D eigenvalue weighted by molar-refractivity contribution is 0.368. The molecular formula is C14H17N3. The van der Waals surface area contributed by atoms with Crippen LogP contribution in [0.25, 0.3) is 11.3 Å². The van der Waals surface area contributed by atoms with E-state index in [2.05, 4.69) is 29.8 Å². The Balaban J connectivity index is 2.03. The van der Waals surface area contributed by atoms with Crippen molar-refractivity contribution < 1.29 is 0 Å². The molecule has 2 heterocycles. The summed E-state index contributed by atoms with van der Waals surface area (Å²) in [5.74, 6) is 1.16. The zero-order valence-electron chi connectivity index (χ0n) is 10.0. The lowest BCUT2D eigenvalue weighted by Crippen LogP contribution is -2.35. The highest BCUT2D eigenvalue weighted by Gasteiger charge is 2.24. The molecule has 1 aliphatic rings. The van der Waals surface area contributed by atoms with Crippen molar-refractivity contribution in [3.05, 3.63) is 42.4 Å². The van der Waals surface area contributed by atoms with E-state index in [1.165, 1.54) is 5.56 Å². The molecule has 0 fully saturated rings. The number of rotatable bonds is 1. The molecule has 2 N–H and O–H groups in total. The molecule has 3 nitrogen and oxygen atoms in total. The van der Waals surface area contributed by atoms with Gasteiger partial charge in [-0.05, 0) is 13.3 Å². The first-order valence-corrected chi connectivity index (χ1v) is 6.14. The lowest BCUT2D eigenvalue weighted by Gasteiger charge is -2.27. The first-order chi connectivity index (χ1) is 8.25. The van der Waals surface area contributed by atoms with Crippen LogP contribution in [0, 0.1) is 0 Å². The fraction of sp³-hybridized carbons (Fsp3) is 0.357. The topological polar surface area (TPSA) is 43.8 Å². The molecule has 88 valence electrons. The molecule has 0 radical (unpaired) electrons. The Bertz CT molecular complexity index is 516. The van der Waals surface area contributed by atoms with Crippen LogP contribution in [0.15, 0.2) is 36.5 Å². The SMILES string of the molecule is CC1C(N)CCc2nc(-c3ccccc3)cn21. The fourth-order valence-electron chi connectivity index (χ4n) is 2.46. The summed E-state index contributed by atoms with van der Waals surface area (Å²) in [7, 11) is 0. The van der Waals surface area contributed by atoms with E-state index in [-0.39, 0.29) is 6.04 Å². The monoisotopic (exact) mass is 227 g/mol. The minimum atomic E-state index is 0.250. The fourth-order valence-corrected chi connectivity index (χ4v) is 2.46. The highest BCUT2D eigenvalue weighted by molar-refractivity contribution is 5.58. The van der Waals surface area contributed by atoms with Crippen LogP contribution in [0.2, 0.25) is 0 Å². The van der Waals surface area contributed by atoms with Crippen LogP contribution < -0.4 is 5.73 Å². The van der Waals surface area contributed by atoms with Gasteiger partial charge in [0.15, 0.2) is 0 Å². The summed E-state index contributed by atoms with van der Waals surface area (Å²) in [6.45, 7) is 2.17. The highest BCUT2D eigenvalue weighted by atomic mass is 15.1. The molecule has 1 aliphatic heterocycles. The Morgan fingerprint density at radius 1 is 1.29 bits per heavy atom. The number of aryl methyl sites for hydroxylation is 1. The predicted octanol–water partition coefficient (Wildman–Crippen LogP) is 2.38. The molecule has 2 unspecified atom stereocenters. The zero-order valence-corrected chi connectivity index (χ0v) is 10.0. The minimum Gasteiger partial charge on any atom is -0.330 e. The van der Waals surface area contributed by atoms with Gasteiger partial charge in [-0.25, -0.2) is 4.98 Å². The van der Waals surface area contributed by atoms with Gasteiger partial charge in [0.2, 0.25) is 0 Å². The normalized spacial score (nSPS) is 23.4. The molecule has 2 atom stereocenters. The van der Waals surface area contributed by atoms with Gasteiger partial charge in [-0.1, -0.05) is 30.3 Å². The molecule has 3 heteroatoms. The van der Waals surface area contributed by atoms with E-state index < -0.39 is 0 Å². The van der Waals surface area contributed by atoms with Gasteiger partial charge >= 0.3 is 0 Å². The van der Waals surface area contributed by atoms with E-state index in [4.69, 9.17) is 10.7 Å². The molecule has 17 heavy (non-hydrogen) atoms. The van der Waals surface area contributed by atoms with Gasteiger partial charge in [0.25, 0.3) is 0 Å². The molecule has 0 bridgehead atoms. The Kier molecular flexibility index (Phi) is 2.48. The van der Waals surface area contributed by atoms with Gasteiger partial charge in [0.05, 0.1) is 5.69 Å². The molecule has 1 aromatic heterocycles. The van der Waals surface area contributed by atoms with Crippen LogP contribution in [0.5, 0.6) is 0 Å². The van der Waals surface area contributed by atoms with E-state index in [1.807, 2.05) is 18.2 Å². The largest absolute Gasteiger partial charge is 0.330 e. The molecule has 0 amide bonds. The van der Waals surface area contributed by atoms with Gasteiger partial charge in [-0.15, -0.1) is 0 Å². The van der Waals surface area contributed by atoms with Gasteiger partial charge in [-0.3, -0.25) is 0 Å². The second-order valence-electron chi connectivity index (χ2n) is 4.76. The smallest absolute Gasteiger partial charge is 0.109 e. The molecule has 0 aliphatic carbocycles. The Morgan fingerprint density at radius 2 is 2.06 bits per heavy atom. The Labute approximate surface area is 101 Å². The summed E-state index contributed by atoms with van der Waals surface area (Å²) in [5, 5.41) is 0. The molecule has 2 aromatic rings. The van der Waals surface area contributed by atoms with E-state index in [0.717, 1.165) is 24.4 Å². The standard InChI is InChI=1S/C14H17N3/c1-10-12(15)7-8-14-16-13(9-17(10)14)11-5-3-2-4-6-11/h2-6,9-10,12H,7-8,15H2,1H3. The summed E-state index contributed by atoms with van der Waals surface area (Å²) in [4.78, 5) is 4.71. The number of hydrogen-bond acceptors (Lipinski definition) is 2. The van der Waals surface area contributed by atoms with Gasteiger partial charge in [0.1, 0.15) is 5.82 Å². The van der Waals surface area contributed by atoms with Crippen LogP contribution in [0.1, 0.15) is 25.2 Å². The molecule has 0 saturated carbocycles. The number of nitrogens with two attached hydrogens (primary N) is 1. The van der Waals surface area contributed by atoms with E-state index >= 15 is 0 Å². The minimum absolute atomic E-state index is 0.250. The molecule has 0 saturated heterocycles. The average molecular weight is 227 g/mol. The number of benzene rings is 1. The average Bonchev–Trinajstić information content (AvgIpc) is 2.80. The summed E-state index contributed by atoms with van der Waals surface area (Å²) in [6, 6.07) is 10.9.